The van der Waals surface area contributed by atoms with Crippen molar-refractivity contribution in [3.63, 3.8) is 0 Å². The molecule has 0 heterocycles. The highest BCUT2D eigenvalue weighted by molar-refractivity contribution is 5.73. The number of aliphatic imine (C=N–C) groups is 1. The summed E-state index contributed by atoms with van der Waals surface area (Å²) in [5, 5.41) is 14.7. The summed E-state index contributed by atoms with van der Waals surface area (Å²) in [4.78, 5) is 18.8. The van der Waals surface area contributed by atoms with Gasteiger partial charge < -0.3 is 19.9 Å². The van der Waals surface area contributed by atoms with Crippen LogP contribution in [-0.4, -0.2) is 67.4 Å². The third kappa shape index (κ3) is 5.45. The highest BCUT2D eigenvalue weighted by Gasteiger charge is 2.74. The average molecular weight is 699 g/mol. The Morgan fingerprint density at radius 2 is 1.68 bits per heavy atom. The molecule has 50 heavy (non-hydrogen) atoms. The average Bonchev–Trinajstić information content (AvgIpc) is 3.88. The van der Waals surface area contributed by atoms with Crippen molar-refractivity contribution in [1.29, 1.82) is 0 Å². The van der Waals surface area contributed by atoms with Gasteiger partial charge in [-0.15, -0.1) is 0 Å². The van der Waals surface area contributed by atoms with E-state index in [0.717, 1.165) is 51.4 Å². The van der Waals surface area contributed by atoms with Gasteiger partial charge >= 0.3 is 5.97 Å². The SMILES string of the molecule is C=N[C@]12CC[C@]3(C)C(C[C@@H](NN)[C@H](OC[C@](C)(NC)C(C)(C)C)[C@]3(C)COC3CC3)C1=CC[C@@]1(C)[C@H](C(=O)O)[C@@](C)([C@H](C)C(C)C)CC[C@@]12C. The number of carbonyl (C=O) groups is 1. The second-order valence-corrected chi connectivity index (χ2v) is 20.4. The number of nitrogens with zero attached hydrogens (tertiary/aromatic N) is 1. The minimum absolute atomic E-state index is 0.0265. The number of likely N-dealkylation sites (N-methyl/N-ethyl adjacent to an activating group) is 1. The number of nitrogens with one attached hydrogen (secondary N) is 2. The van der Waals surface area contributed by atoms with Crippen LogP contribution in [-0.2, 0) is 14.3 Å². The molecule has 0 aromatic carbocycles. The molecule has 8 heteroatoms. The third-order valence-electron chi connectivity index (χ3n) is 17.5. The molecule has 5 aliphatic rings. The molecule has 12 atom stereocenters. The predicted octanol–water partition coefficient (Wildman–Crippen LogP) is 7.81. The number of fused-ring (bicyclic) bond motifs is 5. The van der Waals surface area contributed by atoms with E-state index in [1.165, 1.54) is 5.57 Å². The molecular formula is C42H74N4O4. The quantitative estimate of drug-likeness (QED) is 0.0711. The standard InChI is InChI=1S/C42H74N4O4/c1-26(2)27(3)36(7)19-21-40(11)38(9,32(36)34(47)48)18-17-29-30-23-31(46-43)33(50-25-41(12,44-13)35(4,5)6)39(10,24-49-28-15-16-28)37(30,8)20-22-42(29,40)45-14/h17,26-28,30-33,44,46H,14-16,18-25,43H2,1-13H3,(H,47,48)/t27-,30?,31-,32-,33+,36-,37-,38+,39+,40+,41+,42-/m1/s1. The molecule has 1 unspecified atom stereocenters. The molecule has 0 bridgehead atoms. The molecule has 0 aromatic heterocycles. The molecule has 5 rings (SSSR count). The van der Waals surface area contributed by atoms with Crippen LogP contribution in [0.5, 0.6) is 0 Å². The first kappa shape index (κ1) is 39.9. The molecule has 0 aromatic rings. The molecule has 0 radical (unpaired) electrons. The van der Waals surface area contributed by atoms with E-state index < -0.39 is 22.8 Å². The summed E-state index contributed by atoms with van der Waals surface area (Å²) in [5.41, 5.74) is 2.11. The Kier molecular flexibility index (Phi) is 10.3. The molecule has 0 spiro atoms. The maximum absolute atomic E-state index is 13.6. The number of nitrogens with two attached hydrogens (primary N) is 1. The van der Waals surface area contributed by atoms with Gasteiger partial charge in [0.05, 0.1) is 36.9 Å². The largest absolute Gasteiger partial charge is 0.481 e. The molecular weight excluding hydrogens is 624 g/mol. The smallest absolute Gasteiger partial charge is 0.307 e. The number of hydrogen-bond donors (Lipinski definition) is 4. The molecule has 8 nitrogen and oxygen atoms in total. The van der Waals surface area contributed by atoms with Crippen LogP contribution in [0.25, 0.3) is 0 Å². The van der Waals surface area contributed by atoms with Crippen molar-refractivity contribution in [3.05, 3.63) is 11.6 Å². The highest BCUT2D eigenvalue weighted by atomic mass is 16.5. The highest BCUT2D eigenvalue weighted by Crippen LogP contribution is 2.76. The number of allylic oxidation sites excluding steroid dienone is 1. The van der Waals surface area contributed by atoms with Crippen molar-refractivity contribution >= 4 is 12.7 Å². The lowest BCUT2D eigenvalue weighted by Crippen LogP contribution is -2.73. The Balaban J connectivity index is 1.62. The fourth-order valence-corrected chi connectivity index (χ4v) is 12.2. The van der Waals surface area contributed by atoms with E-state index >= 15 is 0 Å². The molecule has 0 saturated heterocycles. The van der Waals surface area contributed by atoms with Gasteiger partial charge in [-0.2, -0.15) is 0 Å². The number of ether oxygens (including phenoxy) is 2. The fraction of sp³-hybridized carbons (Fsp3) is 0.905. The van der Waals surface area contributed by atoms with Crippen LogP contribution in [0, 0.1) is 56.2 Å². The first-order valence-corrected chi connectivity index (χ1v) is 19.8. The maximum atomic E-state index is 13.6. The van der Waals surface area contributed by atoms with Crippen molar-refractivity contribution in [2.75, 3.05) is 20.3 Å². The molecule has 5 aliphatic carbocycles. The lowest BCUT2D eigenvalue weighted by Gasteiger charge is -2.72. The summed E-state index contributed by atoms with van der Waals surface area (Å²) < 4.78 is 13.8. The van der Waals surface area contributed by atoms with Gasteiger partial charge in [0.25, 0.3) is 0 Å². The van der Waals surface area contributed by atoms with Crippen LogP contribution >= 0.6 is 0 Å². The van der Waals surface area contributed by atoms with Crippen molar-refractivity contribution in [3.8, 4) is 0 Å². The maximum Gasteiger partial charge on any atom is 0.307 e. The van der Waals surface area contributed by atoms with Crippen LogP contribution in [0.4, 0.5) is 0 Å². The van der Waals surface area contributed by atoms with Crippen molar-refractivity contribution < 1.29 is 19.4 Å². The summed E-state index contributed by atoms with van der Waals surface area (Å²) in [6.07, 6.45) is 9.95. The van der Waals surface area contributed by atoms with Gasteiger partial charge in [-0.05, 0) is 117 Å². The van der Waals surface area contributed by atoms with Crippen molar-refractivity contribution in [1.82, 2.24) is 10.7 Å². The van der Waals surface area contributed by atoms with E-state index in [4.69, 9.17) is 20.3 Å². The number of carboxylic acids is 1. The Labute approximate surface area is 304 Å². The first-order chi connectivity index (χ1) is 23.0. The van der Waals surface area contributed by atoms with Gasteiger partial charge in [0.15, 0.2) is 0 Å². The normalized spacial score (nSPS) is 45.1. The van der Waals surface area contributed by atoms with Crippen LogP contribution in [0.3, 0.4) is 0 Å². The fourth-order valence-electron chi connectivity index (χ4n) is 12.2. The van der Waals surface area contributed by atoms with E-state index in [1.807, 2.05) is 7.05 Å². The molecule has 0 aliphatic heterocycles. The Morgan fingerprint density at radius 1 is 1.04 bits per heavy atom. The zero-order valence-electron chi connectivity index (χ0n) is 34.1. The van der Waals surface area contributed by atoms with Gasteiger partial charge in [-0.1, -0.05) is 82.2 Å². The number of carboxylic acid groups (broad SMARTS) is 1. The molecule has 4 fully saturated rings. The third-order valence-corrected chi connectivity index (χ3v) is 17.5. The van der Waals surface area contributed by atoms with Crippen LogP contribution in [0.1, 0.15) is 134 Å². The van der Waals surface area contributed by atoms with Crippen molar-refractivity contribution in [2.45, 2.75) is 164 Å². The summed E-state index contributed by atoms with van der Waals surface area (Å²) >= 11 is 0. The topological polar surface area (TPSA) is 118 Å². The zero-order chi connectivity index (χ0) is 37.5. The summed E-state index contributed by atoms with van der Waals surface area (Å²) in [6.45, 7) is 33.1. The van der Waals surface area contributed by atoms with Gasteiger partial charge in [0.1, 0.15) is 0 Å². The van der Waals surface area contributed by atoms with Crippen LogP contribution < -0.4 is 16.6 Å². The van der Waals surface area contributed by atoms with E-state index in [2.05, 4.69) is 107 Å². The number of rotatable bonds is 12. The Hall–Kier alpha value is -1.32. The number of hydrazine groups is 1. The second-order valence-electron chi connectivity index (χ2n) is 20.4. The molecule has 0 amide bonds. The van der Waals surface area contributed by atoms with E-state index in [1.54, 1.807) is 0 Å². The minimum atomic E-state index is -0.663. The van der Waals surface area contributed by atoms with Gasteiger partial charge in [0, 0.05) is 22.4 Å². The first-order valence-electron chi connectivity index (χ1n) is 19.8. The monoisotopic (exact) mass is 699 g/mol. The van der Waals surface area contributed by atoms with Crippen molar-refractivity contribution in [2.24, 2.45) is 67.0 Å². The summed E-state index contributed by atoms with van der Waals surface area (Å²) in [7, 11) is 2.03. The van der Waals surface area contributed by atoms with E-state index in [-0.39, 0.29) is 56.6 Å². The second kappa shape index (κ2) is 12.9. The Morgan fingerprint density at radius 3 is 2.18 bits per heavy atom. The summed E-state index contributed by atoms with van der Waals surface area (Å²) in [6, 6.07) is -0.0992. The lowest BCUT2D eigenvalue weighted by molar-refractivity contribution is -0.223. The molecule has 5 N–H and O–H groups in total. The van der Waals surface area contributed by atoms with E-state index in [9.17, 15) is 9.90 Å². The van der Waals surface area contributed by atoms with Gasteiger partial charge in [0.2, 0.25) is 0 Å². The predicted molar refractivity (Wildman–Crippen MR) is 204 cm³/mol. The zero-order valence-corrected chi connectivity index (χ0v) is 34.1. The van der Waals surface area contributed by atoms with Crippen LogP contribution in [0.2, 0.25) is 0 Å². The van der Waals surface area contributed by atoms with E-state index in [0.29, 0.717) is 25.2 Å². The van der Waals surface area contributed by atoms with Crippen LogP contribution in [0.15, 0.2) is 16.6 Å². The lowest BCUT2D eigenvalue weighted by atomic mass is 9.32. The Bertz CT molecular complexity index is 1340. The molecule has 286 valence electrons. The van der Waals surface area contributed by atoms with Gasteiger partial charge in [-0.25, -0.2) is 0 Å². The molecule has 4 saturated carbocycles. The summed E-state index contributed by atoms with van der Waals surface area (Å²) in [5.74, 6) is 6.21. The number of aliphatic carboxylic acids is 1. The van der Waals surface area contributed by atoms with Gasteiger partial charge in [-0.3, -0.25) is 21.1 Å². The number of hydrogen-bond acceptors (Lipinski definition) is 7. The minimum Gasteiger partial charge on any atom is -0.481 e.